The Morgan fingerprint density at radius 3 is 2.48 bits per heavy atom. The first kappa shape index (κ1) is 18.9. The molecule has 1 saturated heterocycles. The summed E-state index contributed by atoms with van der Waals surface area (Å²) in [6, 6.07) is 15.0. The summed E-state index contributed by atoms with van der Waals surface area (Å²) in [4.78, 5) is 25.4. The van der Waals surface area contributed by atoms with E-state index in [-0.39, 0.29) is 31.8 Å². The van der Waals surface area contributed by atoms with Gasteiger partial charge in [-0.05, 0) is 30.7 Å². The Labute approximate surface area is 158 Å². The fourth-order valence-electron chi connectivity index (χ4n) is 3.16. The average Bonchev–Trinajstić information content (AvgIpc) is 2.67. The minimum absolute atomic E-state index is 0.0254. The summed E-state index contributed by atoms with van der Waals surface area (Å²) >= 11 is 0. The fourth-order valence-corrected chi connectivity index (χ4v) is 3.16. The predicted molar refractivity (Wildman–Crippen MR) is 99.7 cm³/mol. The molecule has 0 atom stereocenters. The molecule has 2 aromatic carbocycles. The Morgan fingerprint density at radius 2 is 1.81 bits per heavy atom. The third kappa shape index (κ3) is 4.46. The molecule has 27 heavy (non-hydrogen) atoms. The van der Waals surface area contributed by atoms with Crippen molar-refractivity contribution < 1.29 is 24.5 Å². The van der Waals surface area contributed by atoms with Crippen LogP contribution in [-0.4, -0.2) is 45.7 Å². The lowest BCUT2D eigenvalue weighted by atomic mass is 9.91. The van der Waals surface area contributed by atoms with Crippen LogP contribution in [0.25, 0.3) is 0 Å². The van der Waals surface area contributed by atoms with E-state index < -0.39 is 11.6 Å². The van der Waals surface area contributed by atoms with Gasteiger partial charge in [-0.15, -0.1) is 0 Å². The lowest BCUT2D eigenvalue weighted by Crippen LogP contribution is -2.50. The Balaban J connectivity index is 1.63. The molecule has 1 aliphatic heterocycles. The highest BCUT2D eigenvalue weighted by Crippen LogP contribution is 2.24. The molecule has 1 heterocycles. The maximum Gasteiger partial charge on any atom is 0.335 e. The predicted octanol–water partition coefficient (Wildman–Crippen LogP) is 2.63. The smallest absolute Gasteiger partial charge is 0.335 e. The number of rotatable bonds is 5. The molecule has 0 spiro atoms. The number of ether oxygens (including phenoxy) is 1. The molecule has 142 valence electrons. The number of benzene rings is 2. The van der Waals surface area contributed by atoms with Crippen LogP contribution >= 0.6 is 0 Å². The van der Waals surface area contributed by atoms with E-state index in [0.717, 1.165) is 11.1 Å². The largest absolute Gasteiger partial charge is 0.489 e. The topological polar surface area (TPSA) is 87.1 Å². The van der Waals surface area contributed by atoms with Crippen molar-refractivity contribution in [2.75, 3.05) is 13.1 Å². The lowest BCUT2D eigenvalue weighted by Gasteiger charge is -2.35. The van der Waals surface area contributed by atoms with E-state index >= 15 is 0 Å². The van der Waals surface area contributed by atoms with Crippen LogP contribution in [0.3, 0.4) is 0 Å². The number of aliphatic hydroxyl groups is 1. The minimum Gasteiger partial charge on any atom is -0.489 e. The zero-order valence-corrected chi connectivity index (χ0v) is 15.2. The van der Waals surface area contributed by atoms with E-state index in [9.17, 15) is 14.7 Å². The molecule has 0 unspecified atom stereocenters. The van der Waals surface area contributed by atoms with Crippen molar-refractivity contribution in [1.82, 2.24) is 4.90 Å². The van der Waals surface area contributed by atoms with Gasteiger partial charge in [-0.2, -0.15) is 0 Å². The number of carbonyl (C=O) groups is 2. The van der Waals surface area contributed by atoms with Crippen LogP contribution in [0.2, 0.25) is 0 Å². The Morgan fingerprint density at radius 1 is 1.11 bits per heavy atom. The van der Waals surface area contributed by atoms with Crippen molar-refractivity contribution in [3.63, 3.8) is 0 Å². The zero-order valence-electron chi connectivity index (χ0n) is 15.2. The standard InChI is InChI=1S/C21H23NO5/c1-15-4-2-5-16(12-15)14-27-18-7-3-6-17(13-18)19(23)22-10-8-21(26,9-11-22)20(24)25/h2-7,12-13,26H,8-11,14H2,1H3,(H,24,25). The second-order valence-electron chi connectivity index (χ2n) is 6.93. The van der Waals surface area contributed by atoms with Crippen LogP contribution in [0.5, 0.6) is 5.75 Å². The molecule has 1 amide bonds. The van der Waals surface area contributed by atoms with Gasteiger partial charge in [-0.25, -0.2) is 4.79 Å². The van der Waals surface area contributed by atoms with E-state index in [2.05, 4.69) is 0 Å². The summed E-state index contributed by atoms with van der Waals surface area (Å²) in [6.07, 6.45) is 0.0508. The molecule has 2 N–H and O–H groups in total. The highest BCUT2D eigenvalue weighted by atomic mass is 16.5. The molecular weight excluding hydrogens is 346 g/mol. The van der Waals surface area contributed by atoms with Gasteiger partial charge in [0.1, 0.15) is 12.4 Å². The average molecular weight is 369 g/mol. The third-order valence-electron chi connectivity index (χ3n) is 4.84. The van der Waals surface area contributed by atoms with Gasteiger partial charge in [-0.3, -0.25) is 4.79 Å². The normalized spacial score (nSPS) is 16.0. The molecule has 3 rings (SSSR count). The minimum atomic E-state index is -1.74. The SMILES string of the molecule is Cc1cccc(COc2cccc(C(=O)N3CCC(O)(C(=O)O)CC3)c2)c1. The van der Waals surface area contributed by atoms with Gasteiger partial charge in [0.25, 0.3) is 5.91 Å². The summed E-state index contributed by atoms with van der Waals surface area (Å²) in [6.45, 7) is 2.84. The van der Waals surface area contributed by atoms with E-state index in [4.69, 9.17) is 9.84 Å². The summed E-state index contributed by atoms with van der Waals surface area (Å²) < 4.78 is 5.80. The van der Waals surface area contributed by atoms with Gasteiger partial charge in [0.2, 0.25) is 0 Å². The molecule has 6 heteroatoms. The van der Waals surface area contributed by atoms with Crippen LogP contribution in [0.1, 0.15) is 34.3 Å². The second-order valence-corrected chi connectivity index (χ2v) is 6.93. The Hall–Kier alpha value is -2.86. The van der Waals surface area contributed by atoms with E-state index in [1.54, 1.807) is 29.2 Å². The van der Waals surface area contributed by atoms with Crippen molar-refractivity contribution >= 4 is 11.9 Å². The highest BCUT2D eigenvalue weighted by molar-refractivity contribution is 5.94. The van der Waals surface area contributed by atoms with Gasteiger partial charge < -0.3 is 19.8 Å². The van der Waals surface area contributed by atoms with Crippen molar-refractivity contribution in [1.29, 1.82) is 0 Å². The van der Waals surface area contributed by atoms with Gasteiger partial charge in [-0.1, -0.05) is 35.9 Å². The maximum absolute atomic E-state index is 12.7. The number of hydrogen-bond acceptors (Lipinski definition) is 4. The van der Waals surface area contributed by atoms with Crippen LogP contribution < -0.4 is 4.74 Å². The molecular formula is C21H23NO5. The zero-order chi connectivity index (χ0) is 19.4. The van der Waals surface area contributed by atoms with Crippen LogP contribution in [0.15, 0.2) is 48.5 Å². The maximum atomic E-state index is 12.7. The molecule has 2 aromatic rings. The number of hydrogen-bond donors (Lipinski definition) is 2. The first-order chi connectivity index (χ1) is 12.9. The number of carboxylic acid groups (broad SMARTS) is 1. The summed E-state index contributed by atoms with van der Waals surface area (Å²) in [7, 11) is 0. The number of aryl methyl sites for hydroxylation is 1. The summed E-state index contributed by atoms with van der Waals surface area (Å²) in [5.74, 6) is -0.828. The Kier molecular flexibility index (Phi) is 5.46. The third-order valence-corrected chi connectivity index (χ3v) is 4.84. The molecule has 0 saturated carbocycles. The monoisotopic (exact) mass is 369 g/mol. The number of likely N-dealkylation sites (tertiary alicyclic amines) is 1. The molecule has 0 bridgehead atoms. The van der Waals surface area contributed by atoms with Gasteiger partial charge in [0, 0.05) is 31.5 Å². The molecule has 6 nitrogen and oxygen atoms in total. The van der Waals surface area contributed by atoms with E-state index in [0.29, 0.717) is 17.9 Å². The van der Waals surface area contributed by atoms with Crippen LogP contribution in [0, 0.1) is 6.92 Å². The van der Waals surface area contributed by atoms with Gasteiger partial charge in [0.05, 0.1) is 0 Å². The molecule has 0 radical (unpaired) electrons. The first-order valence-electron chi connectivity index (χ1n) is 8.91. The van der Waals surface area contributed by atoms with E-state index in [1.165, 1.54) is 0 Å². The number of amides is 1. The van der Waals surface area contributed by atoms with Crippen molar-refractivity contribution in [3.8, 4) is 5.75 Å². The number of nitrogens with zero attached hydrogens (tertiary/aromatic N) is 1. The van der Waals surface area contributed by atoms with E-state index in [1.807, 2.05) is 31.2 Å². The number of piperidine rings is 1. The van der Waals surface area contributed by atoms with Crippen LogP contribution in [-0.2, 0) is 11.4 Å². The first-order valence-corrected chi connectivity index (χ1v) is 8.91. The van der Waals surface area contributed by atoms with Crippen molar-refractivity contribution in [2.24, 2.45) is 0 Å². The second kappa shape index (κ2) is 7.80. The summed E-state index contributed by atoms with van der Waals surface area (Å²) in [5.41, 5.74) is 0.954. The number of aliphatic carboxylic acids is 1. The quantitative estimate of drug-likeness (QED) is 0.846. The van der Waals surface area contributed by atoms with Crippen LogP contribution in [0.4, 0.5) is 0 Å². The molecule has 1 aliphatic rings. The number of carboxylic acids is 1. The highest BCUT2D eigenvalue weighted by Gasteiger charge is 2.40. The molecule has 0 aliphatic carbocycles. The molecule has 0 aromatic heterocycles. The lowest BCUT2D eigenvalue weighted by molar-refractivity contribution is -0.162. The Bertz CT molecular complexity index is 840. The number of carbonyl (C=O) groups excluding carboxylic acids is 1. The fraction of sp³-hybridized carbons (Fsp3) is 0.333. The van der Waals surface area contributed by atoms with Gasteiger partial charge >= 0.3 is 5.97 Å². The van der Waals surface area contributed by atoms with Crippen molar-refractivity contribution in [2.45, 2.75) is 32.0 Å². The van der Waals surface area contributed by atoms with Crippen molar-refractivity contribution in [3.05, 3.63) is 65.2 Å². The summed E-state index contributed by atoms with van der Waals surface area (Å²) in [5, 5.41) is 19.1. The van der Waals surface area contributed by atoms with Gasteiger partial charge in [0.15, 0.2) is 5.60 Å². The molecule has 1 fully saturated rings.